The van der Waals surface area contributed by atoms with Crippen molar-refractivity contribution >= 4 is 27.9 Å². The summed E-state index contributed by atoms with van der Waals surface area (Å²) in [4.78, 5) is 13.3. The summed E-state index contributed by atoms with van der Waals surface area (Å²) in [7, 11) is 0. The Kier molecular flexibility index (Phi) is 4.18. The highest BCUT2D eigenvalue weighted by Crippen LogP contribution is 2.27. The SMILES string of the molecule is O=Cc1cc(Br)ccc1N1CCCC(CO)C1. The van der Waals surface area contributed by atoms with Crippen LogP contribution in [0.4, 0.5) is 5.69 Å². The summed E-state index contributed by atoms with van der Waals surface area (Å²) in [6.45, 7) is 2.02. The molecule has 1 N–H and O–H groups in total. The summed E-state index contributed by atoms with van der Waals surface area (Å²) in [5, 5.41) is 9.22. The van der Waals surface area contributed by atoms with Gasteiger partial charge in [0.2, 0.25) is 0 Å². The Morgan fingerprint density at radius 1 is 1.53 bits per heavy atom. The van der Waals surface area contributed by atoms with Crippen LogP contribution in [0, 0.1) is 5.92 Å². The fourth-order valence-corrected chi connectivity index (χ4v) is 2.72. The Morgan fingerprint density at radius 2 is 2.35 bits per heavy atom. The van der Waals surface area contributed by atoms with E-state index in [2.05, 4.69) is 20.8 Å². The minimum absolute atomic E-state index is 0.226. The molecular formula is C13H16BrNO2. The fourth-order valence-electron chi connectivity index (χ4n) is 2.34. The van der Waals surface area contributed by atoms with Crippen molar-refractivity contribution in [3.63, 3.8) is 0 Å². The quantitative estimate of drug-likeness (QED) is 0.872. The number of hydrogen-bond acceptors (Lipinski definition) is 3. The number of hydrogen-bond donors (Lipinski definition) is 1. The molecule has 1 aromatic rings. The second kappa shape index (κ2) is 5.65. The molecule has 0 aromatic heterocycles. The highest BCUT2D eigenvalue weighted by atomic mass is 79.9. The topological polar surface area (TPSA) is 40.5 Å². The Morgan fingerprint density at radius 3 is 3.06 bits per heavy atom. The number of benzene rings is 1. The van der Waals surface area contributed by atoms with Gasteiger partial charge in [-0.2, -0.15) is 0 Å². The van der Waals surface area contributed by atoms with Gasteiger partial charge < -0.3 is 10.0 Å². The third kappa shape index (κ3) is 2.87. The molecule has 0 aliphatic carbocycles. The Hall–Kier alpha value is -0.870. The molecule has 4 heteroatoms. The first-order valence-corrected chi connectivity index (χ1v) is 6.64. The minimum atomic E-state index is 0.226. The molecule has 1 aliphatic rings. The number of rotatable bonds is 3. The lowest BCUT2D eigenvalue weighted by Gasteiger charge is -2.34. The summed E-state index contributed by atoms with van der Waals surface area (Å²) in [6.07, 6.45) is 3.03. The van der Waals surface area contributed by atoms with Crippen LogP contribution < -0.4 is 4.90 Å². The van der Waals surface area contributed by atoms with Crippen molar-refractivity contribution in [2.75, 3.05) is 24.6 Å². The standard InChI is InChI=1S/C13H16BrNO2/c14-12-3-4-13(11(6-12)9-17)15-5-1-2-10(7-15)8-16/h3-4,6,9-10,16H,1-2,5,7-8H2. The Labute approximate surface area is 110 Å². The third-order valence-corrected chi connectivity index (χ3v) is 3.73. The van der Waals surface area contributed by atoms with Crippen LogP contribution in [0.5, 0.6) is 0 Å². The van der Waals surface area contributed by atoms with Crippen molar-refractivity contribution in [2.45, 2.75) is 12.8 Å². The molecule has 1 saturated heterocycles. The molecule has 1 aromatic carbocycles. The molecule has 17 heavy (non-hydrogen) atoms. The maximum absolute atomic E-state index is 11.1. The Bertz CT molecular complexity index is 408. The first-order chi connectivity index (χ1) is 8.24. The van der Waals surface area contributed by atoms with Crippen molar-refractivity contribution in [1.82, 2.24) is 0 Å². The molecule has 0 radical (unpaired) electrons. The molecule has 0 saturated carbocycles. The van der Waals surface area contributed by atoms with Crippen LogP contribution in [-0.2, 0) is 0 Å². The predicted molar refractivity (Wildman–Crippen MR) is 71.6 cm³/mol. The van der Waals surface area contributed by atoms with E-state index in [-0.39, 0.29) is 6.61 Å². The van der Waals surface area contributed by atoms with Crippen LogP contribution in [0.1, 0.15) is 23.2 Å². The van der Waals surface area contributed by atoms with Crippen molar-refractivity contribution in [3.05, 3.63) is 28.2 Å². The zero-order chi connectivity index (χ0) is 12.3. The number of aliphatic hydroxyl groups is 1. The van der Waals surface area contributed by atoms with Gasteiger partial charge in [0, 0.05) is 35.4 Å². The molecule has 0 bridgehead atoms. The van der Waals surface area contributed by atoms with Crippen LogP contribution in [-0.4, -0.2) is 31.1 Å². The molecular weight excluding hydrogens is 282 g/mol. The van der Waals surface area contributed by atoms with E-state index in [1.165, 1.54) is 0 Å². The zero-order valence-corrected chi connectivity index (χ0v) is 11.2. The number of carbonyl (C=O) groups is 1. The third-order valence-electron chi connectivity index (χ3n) is 3.23. The van der Waals surface area contributed by atoms with Gasteiger partial charge in [0.1, 0.15) is 0 Å². The molecule has 2 rings (SSSR count). The molecule has 1 fully saturated rings. The number of aldehydes is 1. The number of aliphatic hydroxyl groups excluding tert-OH is 1. The van der Waals surface area contributed by atoms with Crippen LogP contribution >= 0.6 is 15.9 Å². The van der Waals surface area contributed by atoms with Crippen molar-refractivity contribution < 1.29 is 9.90 Å². The highest BCUT2D eigenvalue weighted by Gasteiger charge is 2.21. The number of carbonyl (C=O) groups excluding carboxylic acids is 1. The van der Waals surface area contributed by atoms with Gasteiger partial charge in [-0.3, -0.25) is 4.79 Å². The summed E-state index contributed by atoms with van der Waals surface area (Å²) < 4.78 is 0.916. The van der Waals surface area contributed by atoms with Crippen LogP contribution in [0.25, 0.3) is 0 Å². The van der Waals surface area contributed by atoms with Gasteiger partial charge >= 0.3 is 0 Å². The van der Waals surface area contributed by atoms with Crippen molar-refractivity contribution in [1.29, 1.82) is 0 Å². The molecule has 1 unspecified atom stereocenters. The second-order valence-electron chi connectivity index (χ2n) is 4.46. The van der Waals surface area contributed by atoms with E-state index in [1.54, 1.807) is 0 Å². The van der Waals surface area contributed by atoms with Gasteiger partial charge in [-0.1, -0.05) is 15.9 Å². The lowest BCUT2D eigenvalue weighted by Crippen LogP contribution is -2.37. The monoisotopic (exact) mass is 297 g/mol. The van der Waals surface area contributed by atoms with Crippen LogP contribution in [0.3, 0.4) is 0 Å². The molecule has 1 aliphatic heterocycles. The zero-order valence-electron chi connectivity index (χ0n) is 9.60. The maximum Gasteiger partial charge on any atom is 0.152 e. The minimum Gasteiger partial charge on any atom is -0.396 e. The number of nitrogens with zero attached hydrogens (tertiary/aromatic N) is 1. The first kappa shape index (κ1) is 12.6. The molecule has 1 atom stereocenters. The summed E-state index contributed by atoms with van der Waals surface area (Å²) in [5.74, 6) is 0.326. The number of piperidine rings is 1. The van der Waals surface area contributed by atoms with Gasteiger partial charge in [0.25, 0.3) is 0 Å². The first-order valence-electron chi connectivity index (χ1n) is 5.85. The van der Waals surface area contributed by atoms with Crippen LogP contribution in [0.15, 0.2) is 22.7 Å². The van der Waals surface area contributed by atoms with Gasteiger partial charge in [0.05, 0.1) is 0 Å². The normalized spacial score (nSPS) is 20.4. The van der Waals surface area contributed by atoms with E-state index < -0.39 is 0 Å². The smallest absolute Gasteiger partial charge is 0.152 e. The van der Waals surface area contributed by atoms with Gasteiger partial charge in [-0.25, -0.2) is 0 Å². The van der Waals surface area contributed by atoms with Gasteiger partial charge in [-0.05, 0) is 37.0 Å². The average Bonchev–Trinajstić information content (AvgIpc) is 2.38. The van der Waals surface area contributed by atoms with E-state index >= 15 is 0 Å². The predicted octanol–water partition coefficient (Wildman–Crippen LogP) is 2.47. The summed E-state index contributed by atoms with van der Waals surface area (Å²) >= 11 is 3.37. The van der Waals surface area contributed by atoms with E-state index in [0.717, 1.165) is 42.4 Å². The molecule has 92 valence electrons. The van der Waals surface area contributed by atoms with Gasteiger partial charge in [-0.15, -0.1) is 0 Å². The average molecular weight is 298 g/mol. The second-order valence-corrected chi connectivity index (χ2v) is 5.37. The van der Waals surface area contributed by atoms with Gasteiger partial charge in [0.15, 0.2) is 6.29 Å². The van der Waals surface area contributed by atoms with Crippen molar-refractivity contribution in [3.8, 4) is 0 Å². The Balaban J connectivity index is 2.23. The van der Waals surface area contributed by atoms with E-state index in [1.807, 2.05) is 18.2 Å². The van der Waals surface area contributed by atoms with Crippen LogP contribution in [0.2, 0.25) is 0 Å². The maximum atomic E-state index is 11.1. The van der Waals surface area contributed by atoms with E-state index in [9.17, 15) is 9.90 Å². The number of anilines is 1. The summed E-state index contributed by atoms with van der Waals surface area (Å²) in [6, 6.07) is 5.75. The lowest BCUT2D eigenvalue weighted by atomic mass is 9.98. The molecule has 0 spiro atoms. The molecule has 1 heterocycles. The molecule has 3 nitrogen and oxygen atoms in total. The van der Waals surface area contributed by atoms with Crippen molar-refractivity contribution in [2.24, 2.45) is 5.92 Å². The summed E-state index contributed by atoms with van der Waals surface area (Å²) in [5.41, 5.74) is 1.68. The fraction of sp³-hybridized carbons (Fsp3) is 0.462. The highest BCUT2D eigenvalue weighted by molar-refractivity contribution is 9.10. The largest absolute Gasteiger partial charge is 0.396 e. The molecule has 0 amide bonds. The van der Waals surface area contributed by atoms with E-state index in [4.69, 9.17) is 0 Å². The number of halogens is 1. The lowest BCUT2D eigenvalue weighted by molar-refractivity contribution is 0.112. The van der Waals surface area contributed by atoms with E-state index in [0.29, 0.717) is 11.5 Å².